The SMILES string of the molecule is CSc1ccc(/C=C/C(=O)NC(=O)c2ccccc2O)cc1. The zero-order valence-electron chi connectivity index (χ0n) is 11.9. The van der Waals surface area contributed by atoms with Crippen molar-refractivity contribution in [2.75, 3.05) is 6.26 Å². The number of phenolic OH excluding ortho intramolecular Hbond substituents is 1. The summed E-state index contributed by atoms with van der Waals surface area (Å²) >= 11 is 1.64. The zero-order valence-corrected chi connectivity index (χ0v) is 12.8. The fraction of sp³-hybridized carbons (Fsp3) is 0.0588. The molecule has 5 heteroatoms. The predicted octanol–water partition coefficient (Wildman–Crippen LogP) is 3.08. The molecule has 2 rings (SSSR count). The summed E-state index contributed by atoms with van der Waals surface area (Å²) in [6.45, 7) is 0. The molecule has 2 amide bonds. The Labute approximate surface area is 132 Å². The topological polar surface area (TPSA) is 66.4 Å². The molecular weight excluding hydrogens is 298 g/mol. The minimum absolute atomic E-state index is 0.0635. The van der Waals surface area contributed by atoms with Gasteiger partial charge < -0.3 is 5.11 Å². The van der Waals surface area contributed by atoms with Crippen LogP contribution in [0.15, 0.2) is 59.5 Å². The molecule has 2 N–H and O–H groups in total. The van der Waals surface area contributed by atoms with E-state index in [1.807, 2.05) is 30.5 Å². The Balaban J connectivity index is 1.98. The molecule has 2 aromatic rings. The van der Waals surface area contributed by atoms with Crippen LogP contribution >= 0.6 is 11.8 Å². The number of rotatable bonds is 4. The van der Waals surface area contributed by atoms with Gasteiger partial charge in [0, 0.05) is 11.0 Å². The number of carbonyl (C=O) groups excluding carboxylic acids is 2. The van der Waals surface area contributed by atoms with E-state index < -0.39 is 11.8 Å². The molecule has 0 aliphatic carbocycles. The Morgan fingerprint density at radius 1 is 1.09 bits per heavy atom. The highest BCUT2D eigenvalue weighted by atomic mass is 32.2. The van der Waals surface area contributed by atoms with E-state index >= 15 is 0 Å². The van der Waals surface area contributed by atoms with Crippen LogP contribution in [-0.2, 0) is 4.79 Å². The van der Waals surface area contributed by atoms with Gasteiger partial charge in [0.25, 0.3) is 11.8 Å². The summed E-state index contributed by atoms with van der Waals surface area (Å²) in [6, 6.07) is 13.7. The summed E-state index contributed by atoms with van der Waals surface area (Å²) in [5.41, 5.74) is 0.927. The molecule has 0 heterocycles. The first-order valence-corrected chi connectivity index (χ1v) is 7.78. The van der Waals surface area contributed by atoms with Crippen molar-refractivity contribution in [1.82, 2.24) is 5.32 Å². The third kappa shape index (κ3) is 4.23. The number of aromatic hydroxyl groups is 1. The number of imide groups is 1. The first kappa shape index (κ1) is 15.9. The van der Waals surface area contributed by atoms with Crippen LogP contribution in [0.25, 0.3) is 6.08 Å². The van der Waals surface area contributed by atoms with Crippen LogP contribution < -0.4 is 5.32 Å². The molecule has 0 aliphatic rings. The molecule has 0 saturated heterocycles. The van der Waals surface area contributed by atoms with Gasteiger partial charge in [-0.15, -0.1) is 11.8 Å². The number of thioether (sulfide) groups is 1. The van der Waals surface area contributed by atoms with Gasteiger partial charge in [-0.3, -0.25) is 14.9 Å². The first-order valence-electron chi connectivity index (χ1n) is 6.55. The van der Waals surface area contributed by atoms with Crippen LogP contribution in [0, 0.1) is 0 Å². The molecule has 4 nitrogen and oxygen atoms in total. The minimum Gasteiger partial charge on any atom is -0.507 e. The van der Waals surface area contributed by atoms with Crippen molar-refractivity contribution in [2.24, 2.45) is 0 Å². The van der Waals surface area contributed by atoms with Crippen molar-refractivity contribution >= 4 is 29.7 Å². The molecule has 0 aromatic heterocycles. The lowest BCUT2D eigenvalue weighted by atomic mass is 10.2. The summed E-state index contributed by atoms with van der Waals surface area (Å²) in [7, 11) is 0. The summed E-state index contributed by atoms with van der Waals surface area (Å²) in [5.74, 6) is -1.34. The lowest BCUT2D eigenvalue weighted by molar-refractivity contribution is -0.115. The summed E-state index contributed by atoms with van der Waals surface area (Å²) in [6.07, 6.45) is 4.90. The quantitative estimate of drug-likeness (QED) is 0.672. The van der Waals surface area contributed by atoms with Gasteiger partial charge >= 0.3 is 0 Å². The monoisotopic (exact) mass is 313 g/mol. The van der Waals surface area contributed by atoms with E-state index in [9.17, 15) is 14.7 Å². The zero-order chi connectivity index (χ0) is 15.9. The van der Waals surface area contributed by atoms with Gasteiger partial charge in [0.1, 0.15) is 5.75 Å². The number of hydrogen-bond donors (Lipinski definition) is 2. The highest BCUT2D eigenvalue weighted by Crippen LogP contribution is 2.16. The summed E-state index contributed by atoms with van der Waals surface area (Å²) in [4.78, 5) is 24.7. The highest BCUT2D eigenvalue weighted by Gasteiger charge is 2.11. The highest BCUT2D eigenvalue weighted by molar-refractivity contribution is 7.98. The average molecular weight is 313 g/mol. The molecule has 112 valence electrons. The van der Waals surface area contributed by atoms with E-state index in [-0.39, 0.29) is 11.3 Å². The van der Waals surface area contributed by atoms with E-state index in [0.29, 0.717) is 0 Å². The van der Waals surface area contributed by atoms with Crippen LogP contribution in [0.3, 0.4) is 0 Å². The van der Waals surface area contributed by atoms with Gasteiger partial charge in [-0.2, -0.15) is 0 Å². The van der Waals surface area contributed by atoms with Crippen molar-refractivity contribution in [2.45, 2.75) is 4.90 Å². The lowest BCUT2D eigenvalue weighted by Gasteiger charge is -2.03. The van der Waals surface area contributed by atoms with E-state index in [1.54, 1.807) is 30.0 Å². The van der Waals surface area contributed by atoms with Crippen LogP contribution in [-0.4, -0.2) is 23.2 Å². The second-order valence-electron chi connectivity index (χ2n) is 4.44. The molecule has 22 heavy (non-hydrogen) atoms. The number of para-hydroxylation sites is 1. The standard InChI is InChI=1S/C17H15NO3S/c1-22-13-9-6-12(7-10-13)8-11-16(20)18-17(21)14-4-2-3-5-15(14)19/h2-11,19H,1H3,(H,18,20,21)/b11-8+. The van der Waals surface area contributed by atoms with Crippen molar-refractivity contribution in [3.8, 4) is 5.75 Å². The van der Waals surface area contributed by atoms with Crippen LogP contribution in [0.2, 0.25) is 0 Å². The molecule has 0 aliphatic heterocycles. The number of carbonyl (C=O) groups is 2. The largest absolute Gasteiger partial charge is 0.507 e. The van der Waals surface area contributed by atoms with E-state index in [0.717, 1.165) is 10.5 Å². The van der Waals surface area contributed by atoms with Gasteiger partial charge in [0.05, 0.1) is 5.56 Å². The second kappa shape index (κ2) is 7.47. The molecule has 0 unspecified atom stereocenters. The van der Waals surface area contributed by atoms with Crippen LogP contribution in [0.4, 0.5) is 0 Å². The van der Waals surface area contributed by atoms with Crippen molar-refractivity contribution in [3.63, 3.8) is 0 Å². The van der Waals surface area contributed by atoms with Crippen LogP contribution in [0.5, 0.6) is 5.75 Å². The van der Waals surface area contributed by atoms with Crippen molar-refractivity contribution in [1.29, 1.82) is 0 Å². The maximum atomic E-state index is 11.8. The normalized spacial score (nSPS) is 10.6. The van der Waals surface area contributed by atoms with Crippen molar-refractivity contribution < 1.29 is 14.7 Å². The smallest absolute Gasteiger partial charge is 0.261 e. The van der Waals surface area contributed by atoms with Gasteiger partial charge in [0.2, 0.25) is 0 Å². The Morgan fingerprint density at radius 2 is 1.77 bits per heavy atom. The molecule has 2 aromatic carbocycles. The molecule has 0 bridgehead atoms. The van der Waals surface area contributed by atoms with E-state index in [4.69, 9.17) is 0 Å². The van der Waals surface area contributed by atoms with Gasteiger partial charge in [0.15, 0.2) is 0 Å². The third-order valence-electron chi connectivity index (χ3n) is 2.93. The van der Waals surface area contributed by atoms with E-state index in [2.05, 4.69) is 5.32 Å². The van der Waals surface area contributed by atoms with Gasteiger partial charge in [-0.05, 0) is 42.2 Å². The number of amides is 2. The van der Waals surface area contributed by atoms with E-state index in [1.165, 1.54) is 18.2 Å². The number of nitrogens with one attached hydrogen (secondary N) is 1. The molecule has 0 radical (unpaired) electrons. The molecular formula is C17H15NO3S. The van der Waals surface area contributed by atoms with Crippen LogP contribution in [0.1, 0.15) is 15.9 Å². The minimum atomic E-state index is -0.634. The fourth-order valence-electron chi connectivity index (χ4n) is 1.77. The fourth-order valence-corrected chi connectivity index (χ4v) is 2.18. The summed E-state index contributed by atoms with van der Waals surface area (Å²) < 4.78 is 0. The van der Waals surface area contributed by atoms with Crippen molar-refractivity contribution in [3.05, 3.63) is 65.7 Å². The number of phenols is 1. The molecule has 0 saturated carbocycles. The Bertz CT molecular complexity index is 708. The lowest BCUT2D eigenvalue weighted by Crippen LogP contribution is -2.28. The molecule has 0 atom stereocenters. The maximum absolute atomic E-state index is 11.8. The number of hydrogen-bond acceptors (Lipinski definition) is 4. The maximum Gasteiger partial charge on any atom is 0.261 e. The Kier molecular flexibility index (Phi) is 5.38. The average Bonchev–Trinajstić information content (AvgIpc) is 2.53. The molecule has 0 fully saturated rings. The predicted molar refractivity (Wildman–Crippen MR) is 87.8 cm³/mol. The Morgan fingerprint density at radius 3 is 2.41 bits per heavy atom. The van der Waals surface area contributed by atoms with Gasteiger partial charge in [-0.1, -0.05) is 24.3 Å². The first-order chi connectivity index (χ1) is 10.6. The summed E-state index contributed by atoms with van der Waals surface area (Å²) in [5, 5.41) is 11.8. The second-order valence-corrected chi connectivity index (χ2v) is 5.32. The molecule has 0 spiro atoms. The Hall–Kier alpha value is -2.53. The van der Waals surface area contributed by atoms with Gasteiger partial charge in [-0.25, -0.2) is 0 Å². The number of benzene rings is 2. The third-order valence-corrected chi connectivity index (χ3v) is 3.67.